The van der Waals surface area contributed by atoms with Crippen molar-refractivity contribution >= 4 is 23.4 Å². The molecule has 7 heteroatoms. The normalized spacial score (nSPS) is 11.4. The van der Waals surface area contributed by atoms with Gasteiger partial charge in [-0.25, -0.2) is 14.2 Å². The van der Waals surface area contributed by atoms with Crippen LogP contribution in [0.25, 0.3) is 0 Å². The smallest absolute Gasteiger partial charge is 0.328 e. The first kappa shape index (κ1) is 16.4. The number of hydrogen-bond donors (Lipinski definition) is 2. The van der Waals surface area contributed by atoms with E-state index < -0.39 is 23.7 Å². The molecule has 0 fully saturated rings. The summed E-state index contributed by atoms with van der Waals surface area (Å²) in [5.41, 5.74) is 0.382. The van der Waals surface area contributed by atoms with Crippen LogP contribution in [0.4, 0.5) is 15.9 Å². The third-order valence-corrected chi connectivity index (χ3v) is 3.08. The summed E-state index contributed by atoms with van der Waals surface area (Å²) in [5, 5.41) is 5.28. The van der Waals surface area contributed by atoms with Crippen LogP contribution in [-0.2, 0) is 9.53 Å². The molecule has 0 saturated carbocycles. The minimum absolute atomic E-state index is 0.187. The summed E-state index contributed by atoms with van der Waals surface area (Å²) in [6, 6.07) is 8.33. The number of carbonyl (C=O) groups is 2. The number of nitrogens with zero attached hydrogens (tertiary/aromatic N) is 1. The summed E-state index contributed by atoms with van der Waals surface area (Å²) in [6.45, 7) is 1.50. The third kappa shape index (κ3) is 4.03. The molecule has 0 radical (unpaired) electrons. The highest BCUT2D eigenvalue weighted by atomic mass is 19.1. The monoisotopic (exact) mass is 317 g/mol. The molecular formula is C16H16FN3O3. The van der Waals surface area contributed by atoms with E-state index in [9.17, 15) is 14.0 Å². The van der Waals surface area contributed by atoms with Crippen molar-refractivity contribution in [2.24, 2.45) is 0 Å². The van der Waals surface area contributed by atoms with Crippen LogP contribution in [0, 0.1) is 5.82 Å². The lowest BCUT2D eigenvalue weighted by Gasteiger charge is -2.14. The number of hydrogen-bond acceptors (Lipinski definition) is 5. The Balaban J connectivity index is 2.22. The third-order valence-electron chi connectivity index (χ3n) is 3.08. The average molecular weight is 317 g/mol. The fourth-order valence-electron chi connectivity index (χ4n) is 1.89. The lowest BCUT2D eigenvalue weighted by atomic mass is 10.2. The summed E-state index contributed by atoms with van der Waals surface area (Å²) in [7, 11) is 1.24. The maximum Gasteiger partial charge on any atom is 0.328 e. The number of carbonyl (C=O) groups excluding carboxylic acids is 2. The number of halogens is 1. The van der Waals surface area contributed by atoms with Gasteiger partial charge in [-0.2, -0.15) is 0 Å². The van der Waals surface area contributed by atoms with Gasteiger partial charge in [-0.15, -0.1) is 0 Å². The van der Waals surface area contributed by atoms with Gasteiger partial charge in [0.2, 0.25) is 0 Å². The molecule has 120 valence electrons. The van der Waals surface area contributed by atoms with Gasteiger partial charge in [0.25, 0.3) is 5.91 Å². The van der Waals surface area contributed by atoms with Crippen molar-refractivity contribution in [3.05, 3.63) is 54.0 Å². The average Bonchev–Trinajstić information content (AvgIpc) is 2.56. The molecule has 1 atom stereocenters. The maximum atomic E-state index is 13.7. The van der Waals surface area contributed by atoms with Crippen LogP contribution < -0.4 is 10.6 Å². The molecule has 0 unspecified atom stereocenters. The van der Waals surface area contributed by atoms with E-state index in [1.807, 2.05) is 0 Å². The van der Waals surface area contributed by atoms with Gasteiger partial charge < -0.3 is 15.4 Å². The van der Waals surface area contributed by atoms with Gasteiger partial charge in [-0.1, -0.05) is 12.1 Å². The highest BCUT2D eigenvalue weighted by Crippen LogP contribution is 2.20. The lowest BCUT2D eigenvalue weighted by molar-refractivity contribution is -0.142. The second kappa shape index (κ2) is 7.35. The summed E-state index contributed by atoms with van der Waals surface area (Å²) in [6.07, 6.45) is 1.48. The first-order valence-electron chi connectivity index (χ1n) is 6.88. The zero-order valence-corrected chi connectivity index (χ0v) is 12.7. The minimum atomic E-state index is -0.811. The quantitative estimate of drug-likeness (QED) is 0.827. The Hall–Kier alpha value is -2.96. The second-order valence-electron chi connectivity index (χ2n) is 4.72. The largest absolute Gasteiger partial charge is 0.467 e. The zero-order valence-electron chi connectivity index (χ0n) is 12.7. The molecule has 0 aliphatic heterocycles. The van der Waals surface area contributed by atoms with Gasteiger partial charge in [-0.3, -0.25) is 4.79 Å². The van der Waals surface area contributed by atoms with Crippen LogP contribution in [0.1, 0.15) is 17.3 Å². The molecule has 1 aromatic carbocycles. The zero-order chi connectivity index (χ0) is 16.8. The summed E-state index contributed by atoms with van der Waals surface area (Å²) in [4.78, 5) is 27.7. The SMILES string of the molecule is COC(=O)[C@H](C)NC(=O)c1cccnc1Nc1ccccc1F. The molecule has 2 aromatic rings. The number of anilines is 2. The van der Waals surface area contributed by atoms with Gasteiger partial charge in [0.15, 0.2) is 0 Å². The Kier molecular flexibility index (Phi) is 5.24. The lowest BCUT2D eigenvalue weighted by Crippen LogP contribution is -2.39. The molecule has 6 nitrogen and oxygen atoms in total. The van der Waals surface area contributed by atoms with Crippen LogP contribution in [0.15, 0.2) is 42.6 Å². The predicted octanol–water partition coefficient (Wildman–Crippen LogP) is 2.26. The van der Waals surface area contributed by atoms with Crippen LogP contribution in [0.5, 0.6) is 0 Å². The standard InChI is InChI=1S/C16H16FN3O3/c1-10(16(22)23-2)19-15(21)11-6-5-9-18-14(11)20-13-8-4-3-7-12(13)17/h3-10H,1-2H3,(H,18,20)(H,19,21)/t10-/m0/s1. The molecule has 0 bridgehead atoms. The summed E-state index contributed by atoms with van der Waals surface area (Å²) in [5.74, 6) is -1.36. The van der Waals surface area contributed by atoms with Crippen molar-refractivity contribution in [2.45, 2.75) is 13.0 Å². The minimum Gasteiger partial charge on any atom is -0.467 e. The summed E-state index contributed by atoms with van der Waals surface area (Å²) >= 11 is 0. The van der Waals surface area contributed by atoms with Crippen LogP contribution in [-0.4, -0.2) is 30.0 Å². The van der Waals surface area contributed by atoms with E-state index in [1.165, 1.54) is 38.4 Å². The number of para-hydroxylation sites is 1. The Morgan fingerprint density at radius 1 is 1.22 bits per heavy atom. The molecule has 0 saturated heterocycles. The highest BCUT2D eigenvalue weighted by molar-refractivity contribution is 6.01. The molecule has 1 aromatic heterocycles. The molecule has 0 spiro atoms. The number of nitrogens with one attached hydrogen (secondary N) is 2. The van der Waals surface area contributed by atoms with Crippen LogP contribution in [0.2, 0.25) is 0 Å². The Morgan fingerprint density at radius 3 is 2.65 bits per heavy atom. The molecule has 0 aliphatic carbocycles. The number of benzene rings is 1. The van der Waals surface area contributed by atoms with Gasteiger partial charge >= 0.3 is 5.97 Å². The van der Waals surface area contributed by atoms with E-state index >= 15 is 0 Å². The highest BCUT2D eigenvalue weighted by Gasteiger charge is 2.19. The molecule has 2 rings (SSSR count). The van der Waals surface area contributed by atoms with Crippen molar-refractivity contribution in [3.8, 4) is 0 Å². The first-order chi connectivity index (χ1) is 11.0. The van der Waals surface area contributed by atoms with E-state index in [0.29, 0.717) is 0 Å². The van der Waals surface area contributed by atoms with E-state index in [0.717, 1.165) is 0 Å². The van der Waals surface area contributed by atoms with Crippen molar-refractivity contribution in [3.63, 3.8) is 0 Å². The Bertz CT molecular complexity index is 721. The van der Waals surface area contributed by atoms with Gasteiger partial charge in [-0.05, 0) is 31.2 Å². The van der Waals surface area contributed by atoms with E-state index in [4.69, 9.17) is 0 Å². The van der Waals surface area contributed by atoms with Crippen LogP contribution in [0.3, 0.4) is 0 Å². The maximum absolute atomic E-state index is 13.7. The first-order valence-corrected chi connectivity index (χ1v) is 6.88. The van der Waals surface area contributed by atoms with Gasteiger partial charge in [0.05, 0.1) is 18.4 Å². The number of ether oxygens (including phenoxy) is 1. The topological polar surface area (TPSA) is 80.3 Å². The fourth-order valence-corrected chi connectivity index (χ4v) is 1.89. The molecule has 23 heavy (non-hydrogen) atoms. The van der Waals surface area contributed by atoms with Crippen molar-refractivity contribution in [1.82, 2.24) is 10.3 Å². The van der Waals surface area contributed by atoms with Crippen molar-refractivity contribution < 1.29 is 18.7 Å². The Morgan fingerprint density at radius 2 is 1.96 bits per heavy atom. The molecule has 1 amide bonds. The van der Waals surface area contributed by atoms with Crippen molar-refractivity contribution in [1.29, 1.82) is 0 Å². The van der Waals surface area contributed by atoms with E-state index in [2.05, 4.69) is 20.4 Å². The second-order valence-corrected chi connectivity index (χ2v) is 4.72. The number of esters is 1. The molecule has 0 aliphatic rings. The van der Waals surface area contributed by atoms with E-state index in [-0.39, 0.29) is 17.1 Å². The van der Waals surface area contributed by atoms with Gasteiger partial charge in [0.1, 0.15) is 17.7 Å². The summed E-state index contributed by atoms with van der Waals surface area (Å²) < 4.78 is 18.3. The Labute approximate surface area is 132 Å². The number of methoxy groups -OCH3 is 1. The van der Waals surface area contributed by atoms with Crippen molar-refractivity contribution in [2.75, 3.05) is 12.4 Å². The molecular weight excluding hydrogens is 301 g/mol. The number of aromatic nitrogens is 1. The predicted molar refractivity (Wildman–Crippen MR) is 82.9 cm³/mol. The molecule has 1 heterocycles. The van der Waals surface area contributed by atoms with Gasteiger partial charge in [0, 0.05) is 6.20 Å². The molecule has 2 N–H and O–H groups in total. The number of pyridine rings is 1. The van der Waals surface area contributed by atoms with E-state index in [1.54, 1.807) is 18.2 Å². The fraction of sp³-hybridized carbons (Fsp3) is 0.188. The number of amides is 1. The van der Waals surface area contributed by atoms with Crippen LogP contribution >= 0.6 is 0 Å². The number of rotatable bonds is 5.